The van der Waals surface area contributed by atoms with Gasteiger partial charge in [0, 0.05) is 26.6 Å². The van der Waals surface area contributed by atoms with Gasteiger partial charge in [0.15, 0.2) is 0 Å². The summed E-state index contributed by atoms with van der Waals surface area (Å²) < 4.78 is 0. The molecular weight excluding hydrogens is 447 g/mol. The van der Waals surface area contributed by atoms with Crippen LogP contribution in [0.15, 0.2) is 58.5 Å². The molecule has 2 aromatic carbocycles. The molecule has 0 aliphatic heterocycles. The second-order valence-electron chi connectivity index (χ2n) is 7.47. The Labute approximate surface area is 191 Å². The van der Waals surface area contributed by atoms with Crippen LogP contribution in [0.4, 0.5) is 11.4 Å². The largest absolute Gasteiger partial charge is 0.255 e. The smallest absolute Gasteiger partial charge is 0.0639 e. The maximum atomic E-state index is 4.94. The number of unbranched alkanes of at least 4 members (excludes halogenated alkanes) is 4. The van der Waals surface area contributed by atoms with E-state index in [1.807, 2.05) is 36.5 Å². The standard InChI is InChI=1S/C26H36N2.Pd/c1-4-7-10-14-22-18-23(15-11-8-5-2)20-26(19-22)28-24(6-3)21-27-25-16-12-9-13-17-25;/h9,12-13,16-21H,4-8,10-11,14-15H2,1-3H3;. The first-order valence-electron chi connectivity index (χ1n) is 11.0. The molecule has 3 heteroatoms. The average molecular weight is 483 g/mol. The molecule has 0 saturated heterocycles. The zero-order valence-corrected chi connectivity index (χ0v) is 19.8. The van der Waals surface area contributed by atoms with Crippen LogP contribution >= 0.6 is 0 Å². The number of para-hydroxylation sites is 1. The van der Waals surface area contributed by atoms with Gasteiger partial charge in [-0.25, -0.2) is 0 Å². The number of nitrogens with zero attached hydrogens (tertiary/aromatic N) is 2. The van der Waals surface area contributed by atoms with Crippen molar-refractivity contribution in [2.24, 2.45) is 9.98 Å². The van der Waals surface area contributed by atoms with Gasteiger partial charge in [0.25, 0.3) is 0 Å². The van der Waals surface area contributed by atoms with E-state index in [9.17, 15) is 0 Å². The summed E-state index contributed by atoms with van der Waals surface area (Å²) in [4.78, 5) is 9.52. The Morgan fingerprint density at radius 2 is 1.34 bits per heavy atom. The Kier molecular flexibility index (Phi) is 13.4. The SMILES string of the molecule is CCCCCc1cc(CCCCC)cc(N=C(C=Nc2ccccc2)CC)c1.[Pd]. The van der Waals surface area contributed by atoms with E-state index >= 15 is 0 Å². The normalized spacial score (nSPS) is 11.6. The molecule has 0 aromatic heterocycles. The number of aliphatic imine (C=N–C) groups is 2. The predicted molar refractivity (Wildman–Crippen MR) is 125 cm³/mol. The molecule has 0 N–H and O–H groups in total. The van der Waals surface area contributed by atoms with Gasteiger partial charge in [-0.05, 0) is 67.5 Å². The fourth-order valence-corrected chi connectivity index (χ4v) is 3.28. The van der Waals surface area contributed by atoms with Crippen LogP contribution in [-0.4, -0.2) is 11.9 Å². The van der Waals surface area contributed by atoms with Crippen LogP contribution in [0.25, 0.3) is 0 Å². The van der Waals surface area contributed by atoms with Gasteiger partial charge in [-0.1, -0.05) is 70.7 Å². The van der Waals surface area contributed by atoms with Gasteiger partial charge in [0.1, 0.15) is 0 Å². The number of hydrogen-bond acceptors (Lipinski definition) is 2. The average Bonchev–Trinajstić information content (AvgIpc) is 2.72. The van der Waals surface area contributed by atoms with Crippen molar-refractivity contribution >= 4 is 23.3 Å². The van der Waals surface area contributed by atoms with Gasteiger partial charge in [0.2, 0.25) is 0 Å². The van der Waals surface area contributed by atoms with Crippen LogP contribution in [0, 0.1) is 0 Å². The summed E-state index contributed by atoms with van der Waals surface area (Å²) in [5.74, 6) is 0. The van der Waals surface area contributed by atoms with Crippen molar-refractivity contribution in [3.63, 3.8) is 0 Å². The third-order valence-electron chi connectivity index (χ3n) is 4.93. The topological polar surface area (TPSA) is 24.7 Å². The van der Waals surface area contributed by atoms with Crippen LogP contribution in [-0.2, 0) is 33.3 Å². The van der Waals surface area contributed by atoms with Crippen LogP contribution in [0.5, 0.6) is 0 Å². The van der Waals surface area contributed by atoms with Gasteiger partial charge in [-0.2, -0.15) is 0 Å². The number of rotatable bonds is 12. The molecule has 0 spiro atoms. The molecule has 0 unspecified atom stereocenters. The van der Waals surface area contributed by atoms with Crippen molar-refractivity contribution < 1.29 is 20.4 Å². The van der Waals surface area contributed by atoms with Crippen LogP contribution < -0.4 is 0 Å². The molecule has 0 atom stereocenters. The molecule has 0 radical (unpaired) electrons. The van der Waals surface area contributed by atoms with Crippen molar-refractivity contribution in [1.82, 2.24) is 0 Å². The summed E-state index contributed by atoms with van der Waals surface area (Å²) >= 11 is 0. The second-order valence-corrected chi connectivity index (χ2v) is 7.47. The van der Waals surface area contributed by atoms with E-state index < -0.39 is 0 Å². The summed E-state index contributed by atoms with van der Waals surface area (Å²) in [6.07, 6.45) is 12.7. The minimum Gasteiger partial charge on any atom is -0.255 e. The summed E-state index contributed by atoms with van der Waals surface area (Å²) in [5, 5.41) is 0. The maximum Gasteiger partial charge on any atom is 0.0639 e. The monoisotopic (exact) mass is 482 g/mol. The third-order valence-corrected chi connectivity index (χ3v) is 4.93. The van der Waals surface area contributed by atoms with E-state index in [0.29, 0.717) is 0 Å². The molecular formula is C26H36N2Pd. The van der Waals surface area contributed by atoms with E-state index in [1.54, 1.807) is 0 Å². The first kappa shape index (κ1) is 25.5. The molecule has 0 heterocycles. The van der Waals surface area contributed by atoms with E-state index in [0.717, 1.165) is 36.3 Å². The van der Waals surface area contributed by atoms with E-state index in [2.05, 4.69) is 44.0 Å². The Hall–Kier alpha value is -1.56. The summed E-state index contributed by atoms with van der Waals surface area (Å²) in [6.45, 7) is 6.66. The van der Waals surface area contributed by atoms with Gasteiger partial charge in [-0.15, -0.1) is 0 Å². The van der Waals surface area contributed by atoms with E-state index in [-0.39, 0.29) is 20.4 Å². The van der Waals surface area contributed by atoms with Crippen molar-refractivity contribution in [2.45, 2.75) is 78.6 Å². The minimum absolute atomic E-state index is 0. The Morgan fingerprint density at radius 3 is 1.86 bits per heavy atom. The maximum absolute atomic E-state index is 4.94. The Bertz CT molecular complexity index is 722. The molecule has 0 bridgehead atoms. The summed E-state index contributed by atoms with van der Waals surface area (Å²) in [7, 11) is 0. The van der Waals surface area contributed by atoms with Crippen molar-refractivity contribution in [1.29, 1.82) is 0 Å². The molecule has 2 aromatic rings. The molecule has 0 fully saturated rings. The molecule has 0 saturated carbocycles. The summed E-state index contributed by atoms with van der Waals surface area (Å²) in [6, 6.07) is 17.0. The number of benzene rings is 2. The third kappa shape index (κ3) is 10.2. The van der Waals surface area contributed by atoms with Crippen molar-refractivity contribution in [2.75, 3.05) is 0 Å². The van der Waals surface area contributed by atoms with E-state index in [1.165, 1.54) is 49.7 Å². The minimum atomic E-state index is 0. The Balaban J connectivity index is 0.00000420. The van der Waals surface area contributed by atoms with E-state index in [4.69, 9.17) is 4.99 Å². The molecule has 0 amide bonds. The second kappa shape index (κ2) is 15.3. The quantitative estimate of drug-likeness (QED) is 0.166. The zero-order valence-electron chi connectivity index (χ0n) is 18.3. The van der Waals surface area contributed by atoms with Crippen LogP contribution in [0.2, 0.25) is 0 Å². The zero-order chi connectivity index (χ0) is 20.0. The fraction of sp³-hybridized carbons (Fsp3) is 0.462. The van der Waals surface area contributed by atoms with Gasteiger partial charge < -0.3 is 0 Å². The fourth-order valence-electron chi connectivity index (χ4n) is 3.28. The Morgan fingerprint density at radius 1 is 0.759 bits per heavy atom. The number of hydrogen-bond donors (Lipinski definition) is 0. The van der Waals surface area contributed by atoms with Gasteiger partial charge in [0.05, 0.1) is 17.1 Å². The molecule has 160 valence electrons. The van der Waals surface area contributed by atoms with Crippen molar-refractivity contribution in [3.05, 3.63) is 59.7 Å². The first-order chi connectivity index (χ1) is 13.7. The molecule has 2 rings (SSSR count). The molecule has 29 heavy (non-hydrogen) atoms. The van der Waals surface area contributed by atoms with Crippen molar-refractivity contribution in [3.8, 4) is 0 Å². The molecule has 0 aliphatic rings. The predicted octanol–water partition coefficient (Wildman–Crippen LogP) is 8.03. The van der Waals surface area contributed by atoms with Gasteiger partial charge in [-0.3, -0.25) is 9.98 Å². The van der Waals surface area contributed by atoms with Crippen LogP contribution in [0.3, 0.4) is 0 Å². The summed E-state index contributed by atoms with van der Waals surface area (Å²) in [5.41, 5.74) is 5.93. The first-order valence-corrected chi connectivity index (χ1v) is 11.0. The number of aryl methyl sites for hydroxylation is 2. The van der Waals surface area contributed by atoms with Crippen LogP contribution in [0.1, 0.15) is 76.8 Å². The molecule has 2 nitrogen and oxygen atoms in total. The molecule has 0 aliphatic carbocycles. The van der Waals surface area contributed by atoms with Gasteiger partial charge >= 0.3 is 0 Å².